The molecule has 3 rings (SSSR count). The third kappa shape index (κ3) is 4.58. The summed E-state index contributed by atoms with van der Waals surface area (Å²) in [6, 6.07) is 8.30. The number of esters is 1. The Kier molecular flexibility index (Phi) is 6.20. The second-order valence-corrected chi connectivity index (χ2v) is 7.67. The van der Waals surface area contributed by atoms with Gasteiger partial charge in [0.1, 0.15) is 17.8 Å². The van der Waals surface area contributed by atoms with Crippen molar-refractivity contribution in [2.24, 2.45) is 4.99 Å². The molecule has 0 saturated carbocycles. The molecule has 0 atom stereocenters. The summed E-state index contributed by atoms with van der Waals surface area (Å²) >= 11 is 2.18. The molecule has 1 amide bonds. The van der Waals surface area contributed by atoms with Crippen LogP contribution in [0.4, 0.5) is 5.00 Å². The zero-order valence-corrected chi connectivity index (χ0v) is 17.0. The lowest BCUT2D eigenvalue weighted by molar-refractivity contribution is -0.380. The first-order chi connectivity index (χ1) is 13.9. The lowest BCUT2D eigenvalue weighted by Gasteiger charge is -2.07. The van der Waals surface area contributed by atoms with Crippen LogP contribution in [0, 0.1) is 10.1 Å². The minimum absolute atomic E-state index is 0.0124. The van der Waals surface area contributed by atoms with Gasteiger partial charge in [-0.25, -0.2) is 0 Å². The molecule has 2 aromatic heterocycles. The number of amides is 1. The highest BCUT2D eigenvalue weighted by Gasteiger charge is 2.15. The summed E-state index contributed by atoms with van der Waals surface area (Å²) in [4.78, 5) is 39.4. The number of hydrogen-bond acceptors (Lipinski definition) is 8. The van der Waals surface area contributed by atoms with Gasteiger partial charge in [0.2, 0.25) is 0 Å². The number of ether oxygens (including phenoxy) is 2. The summed E-state index contributed by atoms with van der Waals surface area (Å²) in [5.41, 5.74) is 0.634. The highest BCUT2D eigenvalue weighted by atomic mass is 32.1. The molecule has 0 radical (unpaired) electrons. The minimum Gasteiger partial charge on any atom is -0.495 e. The monoisotopic (exact) mass is 433 g/mol. The number of thiophene rings is 1. The Bertz CT molecular complexity index is 1190. The van der Waals surface area contributed by atoms with Gasteiger partial charge < -0.3 is 14.0 Å². The fourth-order valence-corrected chi connectivity index (χ4v) is 4.28. The number of rotatable bonds is 6. The number of fused-ring (bicyclic) bond motifs is 1. The molecule has 11 heteroatoms. The number of para-hydroxylation sites is 1. The summed E-state index contributed by atoms with van der Waals surface area (Å²) < 4.78 is 12.5. The van der Waals surface area contributed by atoms with Crippen LogP contribution in [0.25, 0.3) is 16.3 Å². The number of hydrogen-bond donors (Lipinski definition) is 0. The van der Waals surface area contributed by atoms with Gasteiger partial charge in [0, 0.05) is 17.0 Å². The Hall–Kier alpha value is -3.31. The van der Waals surface area contributed by atoms with Crippen molar-refractivity contribution >= 4 is 55.8 Å². The topological polar surface area (TPSA) is 113 Å². The third-order valence-corrected chi connectivity index (χ3v) is 5.83. The van der Waals surface area contributed by atoms with E-state index in [1.807, 2.05) is 6.07 Å². The van der Waals surface area contributed by atoms with E-state index < -0.39 is 16.8 Å². The van der Waals surface area contributed by atoms with Gasteiger partial charge in [0.25, 0.3) is 5.91 Å². The largest absolute Gasteiger partial charge is 0.495 e. The van der Waals surface area contributed by atoms with Crippen molar-refractivity contribution in [2.45, 2.75) is 6.54 Å². The highest BCUT2D eigenvalue weighted by molar-refractivity contribution is 7.16. The van der Waals surface area contributed by atoms with Crippen molar-refractivity contribution in [2.75, 3.05) is 14.2 Å². The Morgan fingerprint density at radius 2 is 2.03 bits per heavy atom. The number of nitro groups is 1. The van der Waals surface area contributed by atoms with Crippen LogP contribution < -0.4 is 9.54 Å². The zero-order valence-electron chi connectivity index (χ0n) is 15.4. The van der Waals surface area contributed by atoms with Crippen LogP contribution in [0.2, 0.25) is 0 Å². The summed E-state index contributed by atoms with van der Waals surface area (Å²) in [6.45, 7) is -0.135. The molecule has 0 aliphatic carbocycles. The van der Waals surface area contributed by atoms with Crippen LogP contribution in [0.5, 0.6) is 5.75 Å². The summed E-state index contributed by atoms with van der Waals surface area (Å²) in [5, 5.41) is 10.7. The van der Waals surface area contributed by atoms with E-state index in [9.17, 15) is 19.7 Å². The Balaban J connectivity index is 2.00. The van der Waals surface area contributed by atoms with E-state index >= 15 is 0 Å². The zero-order chi connectivity index (χ0) is 21.0. The van der Waals surface area contributed by atoms with Gasteiger partial charge in [-0.15, -0.1) is 0 Å². The molecule has 9 nitrogen and oxygen atoms in total. The van der Waals surface area contributed by atoms with E-state index in [2.05, 4.69) is 4.99 Å². The number of benzene rings is 1. The van der Waals surface area contributed by atoms with Crippen molar-refractivity contribution in [3.63, 3.8) is 0 Å². The van der Waals surface area contributed by atoms with E-state index in [4.69, 9.17) is 9.47 Å². The van der Waals surface area contributed by atoms with E-state index in [1.165, 1.54) is 43.8 Å². The second-order valence-electron chi connectivity index (χ2n) is 5.57. The molecule has 150 valence electrons. The van der Waals surface area contributed by atoms with Gasteiger partial charge in [-0.1, -0.05) is 28.7 Å². The number of thiazole rings is 1. The van der Waals surface area contributed by atoms with Crippen LogP contribution >= 0.6 is 22.7 Å². The Labute approximate surface area is 172 Å². The first-order valence-electron chi connectivity index (χ1n) is 8.17. The molecule has 0 aliphatic heterocycles. The van der Waals surface area contributed by atoms with Gasteiger partial charge in [-0.3, -0.25) is 19.7 Å². The maximum Gasteiger partial charge on any atom is 0.325 e. The average molecular weight is 433 g/mol. The first kappa shape index (κ1) is 20.4. The first-order valence-corrected chi connectivity index (χ1v) is 9.80. The molecular formula is C18H15N3O6S2. The molecule has 0 fully saturated rings. The molecule has 3 aromatic rings. The molecule has 0 saturated heterocycles. The summed E-state index contributed by atoms with van der Waals surface area (Å²) in [5.74, 6) is -0.519. The predicted molar refractivity (Wildman–Crippen MR) is 109 cm³/mol. The van der Waals surface area contributed by atoms with Crippen LogP contribution in [-0.4, -0.2) is 35.6 Å². The molecule has 29 heavy (non-hydrogen) atoms. The molecule has 2 heterocycles. The van der Waals surface area contributed by atoms with Crippen molar-refractivity contribution in [1.82, 2.24) is 4.57 Å². The maximum atomic E-state index is 12.3. The number of carbonyl (C=O) groups excluding carboxylic acids is 2. The molecule has 1 aromatic carbocycles. The molecule has 0 aliphatic rings. The highest BCUT2D eigenvalue weighted by Crippen LogP contribution is 2.27. The van der Waals surface area contributed by atoms with Crippen LogP contribution in [0.1, 0.15) is 4.88 Å². The molecule has 0 spiro atoms. The number of aromatic nitrogens is 1. The predicted octanol–water partition coefficient (Wildman–Crippen LogP) is 2.99. The fraction of sp³-hybridized carbons (Fsp3) is 0.167. The normalized spacial score (nSPS) is 11.9. The second kappa shape index (κ2) is 8.80. The van der Waals surface area contributed by atoms with Gasteiger partial charge >= 0.3 is 11.0 Å². The fourth-order valence-electron chi connectivity index (χ4n) is 2.50. The summed E-state index contributed by atoms with van der Waals surface area (Å²) in [6.07, 6.45) is 2.68. The van der Waals surface area contributed by atoms with E-state index in [0.717, 1.165) is 16.0 Å². The Morgan fingerprint density at radius 1 is 1.24 bits per heavy atom. The Morgan fingerprint density at radius 3 is 2.69 bits per heavy atom. The SMILES string of the molecule is COC(=O)Cn1c(=NC(=O)/C=C/c2ccc([N+](=O)[O-])s2)sc2cccc(OC)c21. The van der Waals surface area contributed by atoms with Crippen molar-refractivity contribution in [1.29, 1.82) is 0 Å². The lowest BCUT2D eigenvalue weighted by atomic mass is 10.3. The van der Waals surface area contributed by atoms with Crippen LogP contribution in [-0.2, 0) is 20.9 Å². The smallest absolute Gasteiger partial charge is 0.325 e. The van der Waals surface area contributed by atoms with Crippen molar-refractivity contribution < 1.29 is 24.0 Å². The van der Waals surface area contributed by atoms with E-state index in [-0.39, 0.29) is 11.5 Å². The molecule has 0 unspecified atom stereocenters. The maximum absolute atomic E-state index is 12.3. The minimum atomic E-state index is -0.565. The van der Waals surface area contributed by atoms with Gasteiger partial charge in [0.15, 0.2) is 4.80 Å². The molecular weight excluding hydrogens is 418 g/mol. The van der Waals surface area contributed by atoms with Crippen molar-refractivity contribution in [3.05, 3.63) is 56.2 Å². The van der Waals surface area contributed by atoms with Gasteiger partial charge in [-0.2, -0.15) is 4.99 Å². The average Bonchev–Trinajstić information content (AvgIpc) is 3.31. The van der Waals surface area contributed by atoms with E-state index in [1.54, 1.807) is 22.8 Å². The van der Waals surface area contributed by atoms with Crippen LogP contribution in [0.3, 0.4) is 0 Å². The quantitative estimate of drug-likeness (QED) is 0.256. The lowest BCUT2D eigenvalue weighted by Crippen LogP contribution is -2.22. The number of methoxy groups -OCH3 is 2. The molecule has 0 bridgehead atoms. The van der Waals surface area contributed by atoms with E-state index in [0.29, 0.717) is 20.9 Å². The number of nitrogens with zero attached hydrogens (tertiary/aromatic N) is 3. The number of carbonyl (C=O) groups is 2. The van der Waals surface area contributed by atoms with Gasteiger partial charge in [0.05, 0.1) is 23.8 Å². The molecule has 0 N–H and O–H groups in total. The van der Waals surface area contributed by atoms with Gasteiger partial charge in [-0.05, 0) is 24.3 Å². The standard InChI is InChI=1S/C18H15N3O6S2/c1-26-12-4-3-5-13-17(12)20(10-16(23)27-2)18(29-13)19-14(22)8-6-11-7-9-15(28-11)21(24)25/h3-9H,10H2,1-2H3/b8-6+,19-18?. The van der Waals surface area contributed by atoms with Crippen molar-refractivity contribution in [3.8, 4) is 5.75 Å². The third-order valence-electron chi connectivity index (χ3n) is 3.79. The van der Waals surface area contributed by atoms with Crippen LogP contribution in [0.15, 0.2) is 41.4 Å². The summed E-state index contributed by atoms with van der Waals surface area (Å²) in [7, 11) is 2.79.